The van der Waals surface area contributed by atoms with Crippen LogP contribution in [0.5, 0.6) is 5.75 Å². The molecule has 0 unspecified atom stereocenters. The van der Waals surface area contributed by atoms with Gasteiger partial charge >= 0.3 is 0 Å². The van der Waals surface area contributed by atoms with Gasteiger partial charge in [-0.3, -0.25) is 9.59 Å². The van der Waals surface area contributed by atoms with Crippen LogP contribution in [0.2, 0.25) is 5.02 Å². The Labute approximate surface area is 160 Å². The normalized spacial score (nSPS) is 10.9. The molecule has 2 rings (SSSR count). The Morgan fingerprint density at radius 3 is 2.22 bits per heavy atom. The summed E-state index contributed by atoms with van der Waals surface area (Å²) in [5.41, 5.74) is 0.450. The number of hydrogen-bond donors (Lipinski definition) is 2. The Morgan fingerprint density at radius 2 is 1.63 bits per heavy atom. The van der Waals surface area contributed by atoms with Crippen molar-refractivity contribution >= 4 is 44.6 Å². The minimum atomic E-state index is -4.03. The molecule has 0 heterocycles. The van der Waals surface area contributed by atoms with Crippen molar-refractivity contribution in [3.63, 3.8) is 0 Å². The minimum Gasteiger partial charge on any atom is -0.495 e. The highest BCUT2D eigenvalue weighted by Gasteiger charge is 2.22. The maximum atomic E-state index is 12.8. The lowest BCUT2D eigenvalue weighted by Crippen LogP contribution is -2.30. The monoisotopic (exact) mass is 414 g/mol. The average Bonchev–Trinajstić information content (AvgIpc) is 2.56. The van der Waals surface area contributed by atoms with Gasteiger partial charge in [0.2, 0.25) is 11.8 Å². The number of amides is 2. The molecule has 2 amide bonds. The predicted molar refractivity (Wildman–Crippen MR) is 100 cm³/mol. The third-order valence-corrected chi connectivity index (χ3v) is 4.90. The SMILES string of the molecule is COc1ccc(Cl)cc1NC(=O)CS(=O)(=O)CC(=O)Nc1ccc(F)cc1. The van der Waals surface area contributed by atoms with Gasteiger partial charge < -0.3 is 15.4 Å². The summed E-state index contributed by atoms with van der Waals surface area (Å²) in [6.07, 6.45) is 0. The molecule has 0 radical (unpaired) electrons. The Kier molecular flexibility index (Phi) is 6.75. The van der Waals surface area contributed by atoms with E-state index in [4.69, 9.17) is 16.3 Å². The van der Waals surface area contributed by atoms with Crippen LogP contribution in [0.25, 0.3) is 0 Å². The van der Waals surface area contributed by atoms with Crippen molar-refractivity contribution in [2.24, 2.45) is 0 Å². The number of carbonyl (C=O) groups excluding carboxylic acids is 2. The number of carbonyl (C=O) groups is 2. The second-order valence-electron chi connectivity index (χ2n) is 5.48. The summed E-state index contributed by atoms with van der Waals surface area (Å²) in [6, 6.07) is 9.29. The fourth-order valence-corrected chi connectivity index (χ4v) is 3.36. The van der Waals surface area contributed by atoms with Crippen LogP contribution in [0.4, 0.5) is 15.8 Å². The highest BCUT2D eigenvalue weighted by molar-refractivity contribution is 7.92. The van der Waals surface area contributed by atoms with Gasteiger partial charge in [-0.15, -0.1) is 0 Å². The maximum Gasteiger partial charge on any atom is 0.239 e. The van der Waals surface area contributed by atoms with Gasteiger partial charge in [0.1, 0.15) is 23.1 Å². The molecule has 0 atom stereocenters. The summed E-state index contributed by atoms with van der Waals surface area (Å²) in [5, 5.41) is 5.03. The van der Waals surface area contributed by atoms with Gasteiger partial charge in [-0.1, -0.05) is 11.6 Å². The number of nitrogens with one attached hydrogen (secondary N) is 2. The quantitative estimate of drug-likeness (QED) is 0.724. The highest BCUT2D eigenvalue weighted by Crippen LogP contribution is 2.27. The Hall–Kier alpha value is -2.65. The van der Waals surface area contributed by atoms with E-state index in [1.807, 2.05) is 0 Å². The molecule has 10 heteroatoms. The number of sulfone groups is 1. The van der Waals surface area contributed by atoms with E-state index in [2.05, 4.69) is 10.6 Å². The molecule has 0 saturated heterocycles. The predicted octanol–water partition coefficient (Wildman–Crippen LogP) is 2.48. The molecular formula is C17H16ClFN2O5S. The first-order chi connectivity index (χ1) is 12.7. The first-order valence-electron chi connectivity index (χ1n) is 7.58. The third kappa shape index (κ3) is 6.54. The van der Waals surface area contributed by atoms with Crippen molar-refractivity contribution in [2.45, 2.75) is 0 Å². The average molecular weight is 415 g/mol. The molecule has 2 aromatic rings. The van der Waals surface area contributed by atoms with Crippen LogP contribution in [-0.2, 0) is 19.4 Å². The summed E-state index contributed by atoms with van der Waals surface area (Å²) in [4.78, 5) is 23.9. The first-order valence-corrected chi connectivity index (χ1v) is 9.78. The van der Waals surface area contributed by atoms with Crippen LogP contribution in [0.15, 0.2) is 42.5 Å². The molecule has 0 aliphatic carbocycles. The topological polar surface area (TPSA) is 102 Å². The zero-order chi connectivity index (χ0) is 20.0. The molecular weight excluding hydrogens is 399 g/mol. The van der Waals surface area contributed by atoms with Crippen molar-refractivity contribution in [1.29, 1.82) is 0 Å². The van der Waals surface area contributed by atoms with Gasteiger partial charge in [0.15, 0.2) is 9.84 Å². The molecule has 0 bridgehead atoms. The molecule has 0 spiro atoms. The molecule has 0 aromatic heterocycles. The van der Waals surface area contributed by atoms with Crippen LogP contribution in [0, 0.1) is 5.82 Å². The minimum absolute atomic E-state index is 0.209. The van der Waals surface area contributed by atoms with Crippen LogP contribution < -0.4 is 15.4 Å². The summed E-state index contributed by atoms with van der Waals surface area (Å²) in [5.74, 6) is -3.67. The summed E-state index contributed by atoms with van der Waals surface area (Å²) in [7, 11) is -2.65. The van der Waals surface area contributed by atoms with Crippen molar-refractivity contribution in [1.82, 2.24) is 0 Å². The molecule has 2 aromatic carbocycles. The van der Waals surface area contributed by atoms with E-state index in [9.17, 15) is 22.4 Å². The first kappa shape index (κ1) is 20.7. The number of anilines is 2. The van der Waals surface area contributed by atoms with E-state index in [1.54, 1.807) is 6.07 Å². The fourth-order valence-electron chi connectivity index (χ4n) is 2.14. The molecule has 0 saturated carbocycles. The Bertz CT molecular complexity index is 948. The van der Waals surface area contributed by atoms with Crippen LogP contribution >= 0.6 is 11.6 Å². The number of rotatable bonds is 7. The van der Waals surface area contributed by atoms with Crippen LogP contribution in [0.1, 0.15) is 0 Å². The second kappa shape index (κ2) is 8.83. The lowest BCUT2D eigenvalue weighted by atomic mass is 10.3. The van der Waals surface area contributed by atoms with Crippen molar-refractivity contribution in [3.8, 4) is 5.75 Å². The van der Waals surface area contributed by atoms with Gasteiger partial charge in [-0.2, -0.15) is 0 Å². The molecule has 0 aliphatic heterocycles. The number of methoxy groups -OCH3 is 1. The molecule has 144 valence electrons. The van der Waals surface area contributed by atoms with Gasteiger partial charge in [0.25, 0.3) is 0 Å². The highest BCUT2D eigenvalue weighted by atomic mass is 35.5. The molecule has 0 fully saturated rings. The van der Waals surface area contributed by atoms with E-state index in [0.29, 0.717) is 10.8 Å². The van der Waals surface area contributed by atoms with E-state index >= 15 is 0 Å². The van der Waals surface area contributed by atoms with E-state index in [-0.39, 0.29) is 11.4 Å². The standard InChI is InChI=1S/C17H16ClFN2O5S/c1-26-15-7-2-11(18)8-14(15)21-17(23)10-27(24,25)9-16(22)20-13-5-3-12(19)4-6-13/h2-8H,9-10H2,1H3,(H,20,22)(H,21,23). The second-order valence-corrected chi connectivity index (χ2v) is 7.98. The van der Waals surface area contributed by atoms with E-state index < -0.39 is 39.0 Å². The van der Waals surface area contributed by atoms with E-state index in [0.717, 1.165) is 12.1 Å². The zero-order valence-corrected chi connectivity index (χ0v) is 15.7. The van der Waals surface area contributed by atoms with E-state index in [1.165, 1.54) is 31.4 Å². The van der Waals surface area contributed by atoms with Crippen molar-refractivity contribution in [2.75, 3.05) is 29.2 Å². The summed E-state index contributed by atoms with van der Waals surface area (Å²) < 4.78 is 42.0. The van der Waals surface area contributed by atoms with Gasteiger partial charge in [0, 0.05) is 10.7 Å². The molecule has 7 nitrogen and oxygen atoms in total. The number of hydrogen-bond acceptors (Lipinski definition) is 5. The Balaban J connectivity index is 1.96. The summed E-state index contributed by atoms with van der Waals surface area (Å²) >= 11 is 5.84. The van der Waals surface area contributed by atoms with Gasteiger partial charge in [-0.05, 0) is 42.5 Å². The lowest BCUT2D eigenvalue weighted by Gasteiger charge is -2.11. The third-order valence-electron chi connectivity index (χ3n) is 3.27. The smallest absolute Gasteiger partial charge is 0.239 e. The van der Waals surface area contributed by atoms with Crippen molar-refractivity contribution in [3.05, 3.63) is 53.3 Å². The molecule has 2 N–H and O–H groups in total. The molecule has 27 heavy (non-hydrogen) atoms. The van der Waals surface area contributed by atoms with Gasteiger partial charge in [-0.25, -0.2) is 12.8 Å². The fraction of sp³-hybridized carbons (Fsp3) is 0.176. The largest absolute Gasteiger partial charge is 0.495 e. The van der Waals surface area contributed by atoms with Crippen LogP contribution in [0.3, 0.4) is 0 Å². The molecule has 0 aliphatic rings. The number of benzene rings is 2. The number of ether oxygens (including phenoxy) is 1. The summed E-state index contributed by atoms with van der Waals surface area (Å²) in [6.45, 7) is 0. The zero-order valence-electron chi connectivity index (χ0n) is 14.2. The number of halogens is 2. The lowest BCUT2D eigenvalue weighted by molar-refractivity contribution is -0.114. The van der Waals surface area contributed by atoms with Crippen molar-refractivity contribution < 1.29 is 27.1 Å². The maximum absolute atomic E-state index is 12.8. The van der Waals surface area contributed by atoms with Crippen LogP contribution in [-0.4, -0.2) is 38.8 Å². The van der Waals surface area contributed by atoms with Gasteiger partial charge in [0.05, 0.1) is 12.8 Å². The Morgan fingerprint density at radius 1 is 1.04 bits per heavy atom.